The summed E-state index contributed by atoms with van der Waals surface area (Å²) in [5.74, 6) is 0.935. The summed E-state index contributed by atoms with van der Waals surface area (Å²) in [6, 6.07) is 8.31. The van der Waals surface area contributed by atoms with Crippen molar-refractivity contribution in [3.8, 4) is 5.75 Å². The molecule has 106 valence electrons. The average Bonchev–Trinajstić information content (AvgIpc) is 2.47. The Bertz CT molecular complexity index is 540. The molecule has 0 amide bonds. The lowest BCUT2D eigenvalue weighted by atomic mass is 10.1. The first-order chi connectivity index (χ1) is 9.70. The molecule has 20 heavy (non-hydrogen) atoms. The number of benzene rings is 1. The van der Waals surface area contributed by atoms with Crippen LogP contribution < -0.4 is 10.1 Å². The Morgan fingerprint density at radius 2 is 2.00 bits per heavy atom. The van der Waals surface area contributed by atoms with Gasteiger partial charge in [-0.3, -0.25) is 9.97 Å². The molecule has 1 atom stereocenters. The van der Waals surface area contributed by atoms with Crippen molar-refractivity contribution in [1.82, 2.24) is 15.3 Å². The van der Waals surface area contributed by atoms with Gasteiger partial charge in [0.05, 0.1) is 18.0 Å². The number of hydrogen-bond donors (Lipinski definition) is 1. The number of hydrogen-bond acceptors (Lipinski definition) is 4. The van der Waals surface area contributed by atoms with Crippen LogP contribution in [0.5, 0.6) is 5.75 Å². The van der Waals surface area contributed by atoms with Crippen LogP contribution in [0.3, 0.4) is 0 Å². The second-order valence-electron chi connectivity index (χ2n) is 4.72. The van der Waals surface area contributed by atoms with Gasteiger partial charge in [-0.1, -0.05) is 18.2 Å². The van der Waals surface area contributed by atoms with Gasteiger partial charge in [-0.2, -0.15) is 0 Å². The molecule has 0 aliphatic heterocycles. The predicted molar refractivity (Wildman–Crippen MR) is 79.6 cm³/mol. The van der Waals surface area contributed by atoms with Crippen molar-refractivity contribution in [3.63, 3.8) is 0 Å². The number of ether oxygens (including phenoxy) is 1. The maximum Gasteiger partial charge on any atom is 0.124 e. The standard InChI is InChI=1S/C16H21N3O/c1-4-20-16-8-6-5-7-15(16)13(3)18-11-14-10-17-12(2)9-19-14/h5-10,13,18H,4,11H2,1-3H3. The topological polar surface area (TPSA) is 47.0 Å². The van der Waals surface area contributed by atoms with E-state index in [1.165, 1.54) is 0 Å². The summed E-state index contributed by atoms with van der Waals surface area (Å²) in [6.07, 6.45) is 3.60. The lowest BCUT2D eigenvalue weighted by Gasteiger charge is -2.17. The van der Waals surface area contributed by atoms with Crippen molar-refractivity contribution in [2.24, 2.45) is 0 Å². The molecule has 2 rings (SSSR count). The third-order valence-corrected chi connectivity index (χ3v) is 3.11. The Balaban J connectivity index is 2.01. The van der Waals surface area contributed by atoms with E-state index in [4.69, 9.17) is 4.74 Å². The molecule has 1 N–H and O–H groups in total. The van der Waals surface area contributed by atoms with Crippen LogP contribution in [0.25, 0.3) is 0 Å². The smallest absolute Gasteiger partial charge is 0.124 e. The van der Waals surface area contributed by atoms with Gasteiger partial charge in [0.1, 0.15) is 5.75 Å². The summed E-state index contributed by atoms with van der Waals surface area (Å²) in [7, 11) is 0. The van der Waals surface area contributed by atoms with Crippen molar-refractivity contribution in [3.05, 3.63) is 53.6 Å². The molecular formula is C16H21N3O. The Morgan fingerprint density at radius 1 is 1.20 bits per heavy atom. The Hall–Kier alpha value is -1.94. The summed E-state index contributed by atoms with van der Waals surface area (Å²) < 4.78 is 5.66. The van der Waals surface area contributed by atoms with Gasteiger partial charge < -0.3 is 10.1 Å². The van der Waals surface area contributed by atoms with Crippen LogP contribution in [0.1, 0.15) is 36.8 Å². The van der Waals surface area contributed by atoms with Crippen LogP contribution in [0.4, 0.5) is 0 Å². The zero-order valence-corrected chi connectivity index (χ0v) is 12.3. The van der Waals surface area contributed by atoms with Gasteiger partial charge in [0.2, 0.25) is 0 Å². The van der Waals surface area contributed by atoms with Gasteiger partial charge in [0.15, 0.2) is 0 Å². The molecule has 1 unspecified atom stereocenters. The van der Waals surface area contributed by atoms with Crippen LogP contribution in [-0.2, 0) is 6.54 Å². The van der Waals surface area contributed by atoms with E-state index in [0.29, 0.717) is 13.2 Å². The number of aromatic nitrogens is 2. The molecule has 0 aliphatic rings. The third-order valence-electron chi connectivity index (χ3n) is 3.11. The van der Waals surface area contributed by atoms with Crippen LogP contribution in [0.15, 0.2) is 36.7 Å². The zero-order valence-electron chi connectivity index (χ0n) is 12.3. The predicted octanol–water partition coefficient (Wildman–Crippen LogP) is 3.03. The molecule has 0 bridgehead atoms. The SMILES string of the molecule is CCOc1ccccc1C(C)NCc1cnc(C)cn1. The summed E-state index contributed by atoms with van der Waals surface area (Å²) >= 11 is 0. The van der Waals surface area contributed by atoms with Gasteiger partial charge in [-0.25, -0.2) is 0 Å². The van der Waals surface area contributed by atoms with E-state index in [-0.39, 0.29) is 6.04 Å². The minimum absolute atomic E-state index is 0.195. The molecule has 1 heterocycles. The van der Waals surface area contributed by atoms with Crippen LogP contribution in [0.2, 0.25) is 0 Å². The zero-order chi connectivity index (χ0) is 14.4. The fourth-order valence-electron chi connectivity index (χ4n) is 2.00. The fraction of sp³-hybridized carbons (Fsp3) is 0.375. The number of nitrogens with one attached hydrogen (secondary N) is 1. The molecule has 4 nitrogen and oxygen atoms in total. The average molecular weight is 271 g/mol. The molecule has 0 fully saturated rings. The molecule has 0 aliphatic carbocycles. The molecule has 0 radical (unpaired) electrons. The Kier molecular flexibility index (Phi) is 5.07. The number of para-hydroxylation sites is 1. The van der Waals surface area contributed by atoms with E-state index in [9.17, 15) is 0 Å². The Labute approximate surface area is 120 Å². The van der Waals surface area contributed by atoms with Crippen molar-refractivity contribution in [1.29, 1.82) is 0 Å². The van der Waals surface area contributed by atoms with E-state index >= 15 is 0 Å². The van der Waals surface area contributed by atoms with Crippen LogP contribution >= 0.6 is 0 Å². The molecule has 4 heteroatoms. The monoisotopic (exact) mass is 271 g/mol. The lowest BCUT2D eigenvalue weighted by Crippen LogP contribution is -2.19. The van der Waals surface area contributed by atoms with Gasteiger partial charge in [-0.05, 0) is 26.8 Å². The highest BCUT2D eigenvalue weighted by molar-refractivity contribution is 5.35. The second-order valence-corrected chi connectivity index (χ2v) is 4.72. The van der Waals surface area contributed by atoms with E-state index in [1.54, 1.807) is 6.20 Å². The first kappa shape index (κ1) is 14.5. The molecule has 1 aromatic carbocycles. The summed E-state index contributed by atoms with van der Waals surface area (Å²) in [6.45, 7) is 7.42. The molecule has 0 saturated heterocycles. The Morgan fingerprint density at radius 3 is 2.70 bits per heavy atom. The van der Waals surface area contributed by atoms with E-state index < -0.39 is 0 Å². The van der Waals surface area contributed by atoms with Crippen molar-refractivity contribution >= 4 is 0 Å². The highest BCUT2D eigenvalue weighted by atomic mass is 16.5. The van der Waals surface area contributed by atoms with Gasteiger partial charge in [-0.15, -0.1) is 0 Å². The summed E-state index contributed by atoms with van der Waals surface area (Å²) in [4.78, 5) is 8.60. The largest absolute Gasteiger partial charge is 0.494 e. The normalized spacial score (nSPS) is 12.2. The van der Waals surface area contributed by atoms with E-state index in [2.05, 4.69) is 28.3 Å². The quantitative estimate of drug-likeness (QED) is 0.877. The highest BCUT2D eigenvalue weighted by Crippen LogP contribution is 2.24. The molecule has 2 aromatic rings. The highest BCUT2D eigenvalue weighted by Gasteiger charge is 2.10. The molecule has 0 saturated carbocycles. The molecule has 1 aromatic heterocycles. The minimum atomic E-state index is 0.195. The van der Waals surface area contributed by atoms with Crippen LogP contribution in [0, 0.1) is 6.92 Å². The first-order valence-electron chi connectivity index (χ1n) is 6.93. The lowest BCUT2D eigenvalue weighted by molar-refractivity contribution is 0.332. The third kappa shape index (κ3) is 3.78. The maximum absolute atomic E-state index is 5.66. The number of aryl methyl sites for hydroxylation is 1. The maximum atomic E-state index is 5.66. The van der Waals surface area contributed by atoms with Gasteiger partial charge in [0.25, 0.3) is 0 Å². The van der Waals surface area contributed by atoms with Gasteiger partial charge in [0, 0.05) is 30.5 Å². The van der Waals surface area contributed by atoms with Crippen molar-refractivity contribution < 1.29 is 4.74 Å². The number of nitrogens with zero attached hydrogens (tertiary/aromatic N) is 2. The fourth-order valence-corrected chi connectivity index (χ4v) is 2.00. The van der Waals surface area contributed by atoms with Crippen molar-refractivity contribution in [2.45, 2.75) is 33.4 Å². The molecular weight excluding hydrogens is 250 g/mol. The minimum Gasteiger partial charge on any atom is -0.494 e. The van der Waals surface area contributed by atoms with Gasteiger partial charge >= 0.3 is 0 Å². The summed E-state index contributed by atoms with van der Waals surface area (Å²) in [5, 5.41) is 3.45. The van der Waals surface area contributed by atoms with E-state index in [1.807, 2.05) is 38.2 Å². The van der Waals surface area contributed by atoms with Crippen molar-refractivity contribution in [2.75, 3.05) is 6.61 Å². The van der Waals surface area contributed by atoms with Crippen LogP contribution in [-0.4, -0.2) is 16.6 Å². The van der Waals surface area contributed by atoms with E-state index in [0.717, 1.165) is 22.7 Å². The number of rotatable bonds is 6. The molecule has 0 spiro atoms. The first-order valence-corrected chi connectivity index (χ1v) is 6.93. The second kappa shape index (κ2) is 7.01. The summed E-state index contributed by atoms with van der Waals surface area (Å²) in [5.41, 5.74) is 3.04.